The van der Waals surface area contributed by atoms with Gasteiger partial charge in [-0.25, -0.2) is 0 Å². The number of hydrogen-bond acceptors (Lipinski definition) is 2. The molecule has 0 aliphatic carbocycles. The fourth-order valence-corrected chi connectivity index (χ4v) is 3.02. The first-order valence-electron chi connectivity index (χ1n) is 9.24. The Morgan fingerprint density at radius 1 is 0.808 bits per heavy atom. The van der Waals surface area contributed by atoms with Crippen LogP contribution in [0.25, 0.3) is 0 Å². The van der Waals surface area contributed by atoms with Crippen LogP contribution in [0.2, 0.25) is 0 Å². The van der Waals surface area contributed by atoms with Gasteiger partial charge >= 0.3 is 0 Å². The Balaban J connectivity index is 1.77. The predicted molar refractivity (Wildman–Crippen MR) is 113 cm³/mol. The minimum absolute atomic E-state index is 0.379. The second kappa shape index (κ2) is 8.48. The van der Waals surface area contributed by atoms with Crippen molar-refractivity contribution in [1.29, 1.82) is 0 Å². The number of benzene rings is 3. The molecule has 2 heteroatoms. The summed E-state index contributed by atoms with van der Waals surface area (Å²) in [6, 6.07) is 27.8. The van der Waals surface area contributed by atoms with E-state index in [1.165, 1.54) is 16.9 Å². The molecule has 3 rings (SSSR count). The molecule has 0 heterocycles. The minimum Gasteiger partial charge on any atom is -0.339 e. The normalized spacial score (nSPS) is 11.2. The van der Waals surface area contributed by atoms with E-state index in [1.54, 1.807) is 0 Å². The van der Waals surface area contributed by atoms with Crippen LogP contribution in [0.15, 0.2) is 83.9 Å². The van der Waals surface area contributed by atoms with E-state index < -0.39 is 0 Å². The summed E-state index contributed by atoms with van der Waals surface area (Å²) in [5.74, 6) is 0. The highest BCUT2D eigenvalue weighted by Crippen LogP contribution is 2.29. The van der Waals surface area contributed by atoms with Gasteiger partial charge in [0.2, 0.25) is 0 Å². The molecule has 0 atom stereocenters. The number of anilines is 2. The lowest BCUT2D eigenvalue weighted by atomic mass is 10.1. The van der Waals surface area contributed by atoms with Crippen molar-refractivity contribution < 1.29 is 0 Å². The average Bonchev–Trinajstić information content (AvgIpc) is 2.68. The van der Waals surface area contributed by atoms with Crippen LogP contribution in [0.4, 0.5) is 17.1 Å². The number of hydrogen-bond donors (Lipinski definition) is 0. The maximum atomic E-state index is 4.61. The molecule has 132 valence electrons. The molecule has 3 aromatic carbocycles. The first-order valence-corrected chi connectivity index (χ1v) is 9.24. The van der Waals surface area contributed by atoms with Crippen LogP contribution in [-0.2, 0) is 6.42 Å². The molecule has 0 amide bonds. The summed E-state index contributed by atoms with van der Waals surface area (Å²) in [7, 11) is 0. The first kappa shape index (κ1) is 17.9. The predicted octanol–water partition coefficient (Wildman–Crippen LogP) is 6.55. The van der Waals surface area contributed by atoms with Crippen LogP contribution in [0.3, 0.4) is 0 Å². The summed E-state index contributed by atoms with van der Waals surface area (Å²) in [6.07, 6.45) is 2.98. The zero-order valence-electron chi connectivity index (χ0n) is 15.8. The molecule has 0 aliphatic heterocycles. The molecule has 3 aromatic rings. The zero-order chi connectivity index (χ0) is 18.4. The molecular weight excluding hydrogens is 316 g/mol. The Morgan fingerprint density at radius 2 is 1.42 bits per heavy atom. The fraction of sp³-hybridized carbons (Fsp3) is 0.208. The number of rotatable bonds is 6. The molecule has 26 heavy (non-hydrogen) atoms. The molecule has 0 fully saturated rings. The van der Waals surface area contributed by atoms with Gasteiger partial charge in [-0.1, -0.05) is 49.4 Å². The van der Waals surface area contributed by atoms with Gasteiger partial charge in [0, 0.05) is 23.6 Å². The number of aliphatic imine (C=N–C) groups is 1. The van der Waals surface area contributed by atoms with Crippen LogP contribution in [0.1, 0.15) is 31.9 Å². The van der Waals surface area contributed by atoms with E-state index in [9.17, 15) is 0 Å². The standard InChI is InChI=1S/C24H26N2/c1-4-20-10-12-21(13-11-20)18-25-22-14-16-24(17-15-22)26(19(2)3)23-8-6-5-7-9-23/h5-19H,4H2,1-3H3. The zero-order valence-corrected chi connectivity index (χ0v) is 15.8. The number of para-hydroxylation sites is 1. The van der Waals surface area contributed by atoms with E-state index in [0.29, 0.717) is 6.04 Å². The van der Waals surface area contributed by atoms with Crippen LogP contribution in [0, 0.1) is 0 Å². The third-order valence-electron chi connectivity index (χ3n) is 4.43. The number of nitrogens with zero attached hydrogens (tertiary/aromatic N) is 2. The van der Waals surface area contributed by atoms with Gasteiger partial charge in [0.1, 0.15) is 0 Å². The van der Waals surface area contributed by atoms with Crippen LogP contribution < -0.4 is 4.90 Å². The summed E-state index contributed by atoms with van der Waals surface area (Å²) in [5.41, 5.74) is 5.82. The van der Waals surface area contributed by atoms with E-state index in [-0.39, 0.29) is 0 Å². The third-order valence-corrected chi connectivity index (χ3v) is 4.43. The summed E-state index contributed by atoms with van der Waals surface area (Å²) >= 11 is 0. The Kier molecular flexibility index (Phi) is 5.85. The average molecular weight is 342 g/mol. The van der Waals surface area contributed by atoms with E-state index in [0.717, 1.165) is 17.7 Å². The van der Waals surface area contributed by atoms with Crippen LogP contribution in [0.5, 0.6) is 0 Å². The molecule has 0 N–H and O–H groups in total. The van der Waals surface area contributed by atoms with Crippen molar-refractivity contribution in [2.45, 2.75) is 33.2 Å². The van der Waals surface area contributed by atoms with Crippen molar-refractivity contribution in [3.8, 4) is 0 Å². The molecule has 2 nitrogen and oxygen atoms in total. The minimum atomic E-state index is 0.379. The van der Waals surface area contributed by atoms with Gasteiger partial charge in [0.15, 0.2) is 0 Å². The Bertz CT molecular complexity index is 832. The van der Waals surface area contributed by atoms with Gasteiger partial charge < -0.3 is 4.90 Å². The molecule has 0 aliphatic rings. The van der Waals surface area contributed by atoms with E-state index >= 15 is 0 Å². The van der Waals surface area contributed by atoms with Crippen molar-refractivity contribution in [1.82, 2.24) is 0 Å². The molecule has 0 bridgehead atoms. The molecule has 0 unspecified atom stereocenters. The Morgan fingerprint density at radius 3 is 2.00 bits per heavy atom. The topological polar surface area (TPSA) is 15.6 Å². The molecule has 0 saturated heterocycles. The largest absolute Gasteiger partial charge is 0.339 e. The second-order valence-electron chi connectivity index (χ2n) is 6.67. The Hall–Kier alpha value is -2.87. The molecule has 0 radical (unpaired) electrons. The van der Waals surface area contributed by atoms with Gasteiger partial charge in [-0.2, -0.15) is 0 Å². The highest BCUT2D eigenvalue weighted by molar-refractivity contribution is 5.82. The van der Waals surface area contributed by atoms with E-state index in [2.05, 4.69) is 103 Å². The van der Waals surface area contributed by atoms with Crippen LogP contribution in [-0.4, -0.2) is 12.3 Å². The Labute approximate surface area is 156 Å². The second-order valence-corrected chi connectivity index (χ2v) is 6.67. The lowest BCUT2D eigenvalue weighted by Gasteiger charge is -2.29. The van der Waals surface area contributed by atoms with Crippen LogP contribution >= 0.6 is 0 Å². The third kappa shape index (κ3) is 4.40. The van der Waals surface area contributed by atoms with Crippen molar-refractivity contribution in [2.75, 3.05) is 4.90 Å². The smallest absolute Gasteiger partial charge is 0.0631 e. The van der Waals surface area contributed by atoms with E-state index in [4.69, 9.17) is 0 Å². The molecule has 0 spiro atoms. The summed E-state index contributed by atoms with van der Waals surface area (Å²) in [4.78, 5) is 6.94. The maximum Gasteiger partial charge on any atom is 0.0631 e. The summed E-state index contributed by atoms with van der Waals surface area (Å²) < 4.78 is 0. The van der Waals surface area contributed by atoms with E-state index in [1.807, 2.05) is 12.3 Å². The van der Waals surface area contributed by atoms with Crippen molar-refractivity contribution in [2.24, 2.45) is 4.99 Å². The lowest BCUT2D eigenvalue weighted by molar-refractivity contribution is 0.789. The van der Waals surface area contributed by atoms with Crippen molar-refractivity contribution in [3.05, 3.63) is 90.0 Å². The van der Waals surface area contributed by atoms with Crippen molar-refractivity contribution in [3.63, 3.8) is 0 Å². The first-order chi connectivity index (χ1) is 12.7. The van der Waals surface area contributed by atoms with Gasteiger partial charge in [-0.15, -0.1) is 0 Å². The molecular formula is C24H26N2. The van der Waals surface area contributed by atoms with Crippen molar-refractivity contribution >= 4 is 23.3 Å². The summed E-state index contributed by atoms with van der Waals surface area (Å²) in [6.45, 7) is 6.58. The molecule has 0 aromatic heterocycles. The highest BCUT2D eigenvalue weighted by Gasteiger charge is 2.12. The van der Waals surface area contributed by atoms with Gasteiger partial charge in [-0.3, -0.25) is 4.99 Å². The number of aryl methyl sites for hydroxylation is 1. The lowest BCUT2D eigenvalue weighted by Crippen LogP contribution is -2.25. The van der Waals surface area contributed by atoms with Gasteiger partial charge in [0.05, 0.1) is 5.69 Å². The monoisotopic (exact) mass is 342 g/mol. The van der Waals surface area contributed by atoms with Gasteiger partial charge in [0.25, 0.3) is 0 Å². The fourth-order valence-electron chi connectivity index (χ4n) is 3.02. The maximum absolute atomic E-state index is 4.61. The SMILES string of the molecule is CCc1ccc(C=Nc2ccc(N(c3ccccc3)C(C)C)cc2)cc1. The summed E-state index contributed by atoms with van der Waals surface area (Å²) in [5, 5.41) is 0. The quantitative estimate of drug-likeness (QED) is 0.464. The van der Waals surface area contributed by atoms with Gasteiger partial charge in [-0.05, 0) is 67.8 Å². The highest BCUT2D eigenvalue weighted by atomic mass is 15.2. The molecule has 0 saturated carbocycles.